The van der Waals surface area contributed by atoms with Gasteiger partial charge in [-0.2, -0.15) is 5.10 Å². The van der Waals surface area contributed by atoms with E-state index in [0.29, 0.717) is 18.0 Å². The molecule has 0 aliphatic carbocycles. The predicted molar refractivity (Wildman–Crippen MR) is 79.6 cm³/mol. The Balaban J connectivity index is 1.67. The van der Waals surface area contributed by atoms with E-state index in [4.69, 9.17) is 0 Å². The third-order valence-electron chi connectivity index (χ3n) is 4.11. The van der Waals surface area contributed by atoms with Crippen LogP contribution in [0.2, 0.25) is 0 Å². The number of carbonyl (C=O) groups is 1. The minimum absolute atomic E-state index is 0.318. The molecule has 0 spiro atoms. The zero-order chi connectivity index (χ0) is 14.5. The molecule has 1 aliphatic rings. The summed E-state index contributed by atoms with van der Waals surface area (Å²) in [5.74, 6) is 0.318. The van der Waals surface area contributed by atoms with Gasteiger partial charge in [-0.25, -0.2) is 0 Å². The Morgan fingerprint density at radius 3 is 2.85 bits per heavy atom. The number of hydrogen-bond acceptors (Lipinski definition) is 3. The molecule has 1 amide bonds. The fraction of sp³-hybridized carbons (Fsp3) is 0.733. The molecule has 2 heterocycles. The summed E-state index contributed by atoms with van der Waals surface area (Å²) in [5.41, 5.74) is 1.19. The summed E-state index contributed by atoms with van der Waals surface area (Å²) in [6, 6.07) is 0.695. The summed E-state index contributed by atoms with van der Waals surface area (Å²) in [6.45, 7) is 9.18. The topological polar surface area (TPSA) is 50.2 Å². The van der Waals surface area contributed by atoms with Crippen LogP contribution in [0, 0.1) is 6.92 Å². The number of aromatic nitrogens is 2. The number of rotatable bonds is 7. The predicted octanol–water partition coefficient (Wildman–Crippen LogP) is 1.74. The van der Waals surface area contributed by atoms with Crippen LogP contribution in [0.3, 0.4) is 0 Å². The number of hydrogen-bond donors (Lipinski definition) is 1. The van der Waals surface area contributed by atoms with Gasteiger partial charge in [-0.3, -0.25) is 9.48 Å². The summed E-state index contributed by atoms with van der Waals surface area (Å²) in [4.78, 5) is 13.5. The molecule has 1 fully saturated rings. The second kappa shape index (κ2) is 6.88. The van der Waals surface area contributed by atoms with E-state index in [-0.39, 0.29) is 0 Å². The van der Waals surface area contributed by atoms with E-state index in [1.54, 1.807) is 0 Å². The molecule has 1 N–H and O–H groups in total. The zero-order valence-corrected chi connectivity index (χ0v) is 12.8. The smallest absolute Gasteiger partial charge is 0.222 e. The Kier molecular flexibility index (Phi) is 5.17. The molecule has 112 valence electrons. The molecule has 5 nitrogen and oxygen atoms in total. The van der Waals surface area contributed by atoms with Crippen molar-refractivity contribution in [2.75, 3.05) is 19.6 Å². The second-order valence-corrected chi connectivity index (χ2v) is 5.82. The van der Waals surface area contributed by atoms with Crippen LogP contribution in [-0.2, 0) is 4.79 Å². The minimum atomic E-state index is 0.318. The maximum Gasteiger partial charge on any atom is 0.222 e. The molecule has 1 aliphatic heterocycles. The standard InChI is InChI=1S/C15H26N4O/c1-12-10-17-19(11-12)14(3)13(2)16-7-5-9-18-8-4-6-15(18)20/h10-11,13-14,16H,4-9H2,1-3H3/t13-,14+/m0/s1. The first kappa shape index (κ1) is 15.0. The van der Waals surface area contributed by atoms with Crippen LogP contribution in [-0.4, -0.2) is 46.3 Å². The van der Waals surface area contributed by atoms with Crippen LogP contribution in [0.4, 0.5) is 0 Å². The number of nitrogens with zero attached hydrogens (tertiary/aromatic N) is 3. The van der Waals surface area contributed by atoms with Crippen molar-refractivity contribution < 1.29 is 4.79 Å². The van der Waals surface area contributed by atoms with Gasteiger partial charge in [0.05, 0.1) is 12.2 Å². The number of carbonyl (C=O) groups excluding carboxylic acids is 1. The molecule has 2 rings (SSSR count). The quantitative estimate of drug-likeness (QED) is 0.773. The summed E-state index contributed by atoms with van der Waals surface area (Å²) in [6.07, 6.45) is 6.74. The van der Waals surface area contributed by atoms with Crippen LogP contribution in [0.1, 0.15) is 44.7 Å². The summed E-state index contributed by atoms with van der Waals surface area (Å²) >= 11 is 0. The Morgan fingerprint density at radius 2 is 2.25 bits per heavy atom. The lowest BCUT2D eigenvalue weighted by Gasteiger charge is -2.22. The second-order valence-electron chi connectivity index (χ2n) is 5.82. The number of nitrogens with one attached hydrogen (secondary N) is 1. The van der Waals surface area contributed by atoms with E-state index in [1.165, 1.54) is 5.56 Å². The van der Waals surface area contributed by atoms with Gasteiger partial charge in [0.1, 0.15) is 0 Å². The first-order valence-electron chi connectivity index (χ1n) is 7.60. The summed E-state index contributed by atoms with van der Waals surface area (Å²) in [7, 11) is 0. The van der Waals surface area contributed by atoms with E-state index in [9.17, 15) is 4.79 Å². The molecule has 5 heteroatoms. The Hall–Kier alpha value is -1.36. The van der Waals surface area contributed by atoms with Gasteiger partial charge < -0.3 is 10.2 Å². The molecule has 0 radical (unpaired) electrons. The SMILES string of the molecule is Cc1cnn([C@H](C)[C@H](C)NCCCN2CCCC2=O)c1. The van der Waals surface area contributed by atoms with Crippen molar-refractivity contribution in [1.29, 1.82) is 0 Å². The summed E-state index contributed by atoms with van der Waals surface area (Å²) < 4.78 is 2.01. The molecule has 0 aromatic carbocycles. The van der Waals surface area contributed by atoms with Crippen molar-refractivity contribution in [3.05, 3.63) is 18.0 Å². The lowest BCUT2D eigenvalue weighted by atomic mass is 10.1. The molecule has 2 atom stereocenters. The molecule has 0 unspecified atom stereocenters. The van der Waals surface area contributed by atoms with Crippen molar-refractivity contribution in [2.24, 2.45) is 0 Å². The van der Waals surface area contributed by atoms with Crippen LogP contribution in [0.25, 0.3) is 0 Å². The van der Waals surface area contributed by atoms with Gasteiger partial charge in [0.2, 0.25) is 5.91 Å². The Bertz CT molecular complexity index is 443. The van der Waals surface area contributed by atoms with Gasteiger partial charge in [-0.1, -0.05) is 0 Å². The molecule has 1 saturated heterocycles. The number of amides is 1. The van der Waals surface area contributed by atoms with Crippen molar-refractivity contribution in [1.82, 2.24) is 20.0 Å². The fourth-order valence-corrected chi connectivity index (χ4v) is 2.60. The first-order valence-corrected chi connectivity index (χ1v) is 7.60. The van der Waals surface area contributed by atoms with Gasteiger partial charge in [-0.05, 0) is 45.7 Å². The van der Waals surface area contributed by atoms with Gasteiger partial charge in [-0.15, -0.1) is 0 Å². The largest absolute Gasteiger partial charge is 0.343 e. The maximum atomic E-state index is 11.5. The van der Waals surface area contributed by atoms with E-state index in [2.05, 4.69) is 37.4 Å². The van der Waals surface area contributed by atoms with Crippen molar-refractivity contribution >= 4 is 5.91 Å². The monoisotopic (exact) mass is 278 g/mol. The normalized spacial score (nSPS) is 18.6. The first-order chi connectivity index (χ1) is 9.58. The van der Waals surface area contributed by atoms with Gasteiger partial charge in [0.15, 0.2) is 0 Å². The minimum Gasteiger partial charge on any atom is -0.343 e. The van der Waals surface area contributed by atoms with Crippen LogP contribution < -0.4 is 5.32 Å². The number of aryl methyl sites for hydroxylation is 1. The maximum absolute atomic E-state index is 11.5. The Labute approximate surface area is 121 Å². The molecular formula is C15H26N4O. The van der Waals surface area contributed by atoms with Gasteiger partial charge in [0, 0.05) is 31.7 Å². The highest BCUT2D eigenvalue weighted by Crippen LogP contribution is 2.11. The average Bonchev–Trinajstić information content (AvgIpc) is 3.03. The van der Waals surface area contributed by atoms with Crippen molar-refractivity contribution in [2.45, 2.75) is 52.1 Å². The molecule has 1 aromatic heterocycles. The van der Waals surface area contributed by atoms with E-state index in [0.717, 1.165) is 38.9 Å². The lowest BCUT2D eigenvalue weighted by molar-refractivity contribution is -0.127. The van der Waals surface area contributed by atoms with E-state index >= 15 is 0 Å². The highest BCUT2D eigenvalue weighted by atomic mass is 16.2. The fourth-order valence-electron chi connectivity index (χ4n) is 2.60. The van der Waals surface area contributed by atoms with Crippen LogP contribution >= 0.6 is 0 Å². The third-order valence-corrected chi connectivity index (χ3v) is 4.11. The number of likely N-dealkylation sites (tertiary alicyclic amines) is 1. The lowest BCUT2D eigenvalue weighted by Crippen LogP contribution is -2.36. The highest BCUT2D eigenvalue weighted by molar-refractivity contribution is 5.77. The summed E-state index contributed by atoms with van der Waals surface area (Å²) in [5, 5.41) is 7.89. The highest BCUT2D eigenvalue weighted by Gasteiger charge is 2.19. The van der Waals surface area contributed by atoms with Crippen molar-refractivity contribution in [3.63, 3.8) is 0 Å². The molecule has 0 saturated carbocycles. The van der Waals surface area contributed by atoms with E-state index < -0.39 is 0 Å². The van der Waals surface area contributed by atoms with E-state index in [1.807, 2.05) is 15.8 Å². The third kappa shape index (κ3) is 3.82. The average molecular weight is 278 g/mol. The van der Waals surface area contributed by atoms with Gasteiger partial charge in [0.25, 0.3) is 0 Å². The van der Waals surface area contributed by atoms with Gasteiger partial charge >= 0.3 is 0 Å². The Morgan fingerprint density at radius 1 is 1.45 bits per heavy atom. The molecule has 1 aromatic rings. The molecule has 20 heavy (non-hydrogen) atoms. The van der Waals surface area contributed by atoms with Crippen molar-refractivity contribution in [3.8, 4) is 0 Å². The molecule has 0 bridgehead atoms. The molecular weight excluding hydrogens is 252 g/mol. The zero-order valence-electron chi connectivity index (χ0n) is 12.8. The van der Waals surface area contributed by atoms with Crippen LogP contribution in [0.15, 0.2) is 12.4 Å². The van der Waals surface area contributed by atoms with Crippen LogP contribution in [0.5, 0.6) is 0 Å².